The van der Waals surface area contributed by atoms with Crippen molar-refractivity contribution in [2.45, 2.75) is 6.92 Å². The Morgan fingerprint density at radius 1 is 1.09 bits per heavy atom. The Morgan fingerprint density at radius 2 is 1.76 bits per heavy atom. The molecule has 0 atom stereocenters. The number of para-hydroxylation sites is 1. The van der Waals surface area contributed by atoms with Gasteiger partial charge in [0.2, 0.25) is 0 Å². The van der Waals surface area contributed by atoms with E-state index in [4.69, 9.17) is 38.4 Å². The molecule has 4 aromatic rings. The zero-order chi connectivity index (χ0) is 23.9. The van der Waals surface area contributed by atoms with E-state index in [9.17, 15) is 4.79 Å². The Hall–Kier alpha value is -3.49. The van der Waals surface area contributed by atoms with Crippen molar-refractivity contribution >= 4 is 51.4 Å². The molecular formula is C23H21Cl2N5O3. The Balaban J connectivity index is 1.89. The number of nitrogens with zero attached hydrogens (tertiary/aromatic N) is 3. The number of methoxy groups -OCH3 is 2. The smallest absolute Gasteiger partial charge is 0.277 e. The van der Waals surface area contributed by atoms with Crippen molar-refractivity contribution < 1.29 is 9.47 Å². The third-order valence-electron chi connectivity index (χ3n) is 5.33. The minimum atomic E-state index is -0.394. The van der Waals surface area contributed by atoms with E-state index in [2.05, 4.69) is 15.3 Å². The highest BCUT2D eigenvalue weighted by Crippen LogP contribution is 2.44. The van der Waals surface area contributed by atoms with Crippen LogP contribution in [0.1, 0.15) is 5.56 Å². The van der Waals surface area contributed by atoms with Crippen LogP contribution in [-0.4, -0.2) is 28.8 Å². The highest BCUT2D eigenvalue weighted by Gasteiger charge is 2.23. The highest BCUT2D eigenvalue weighted by molar-refractivity contribution is 6.41. The van der Waals surface area contributed by atoms with Crippen molar-refractivity contribution in [3.8, 4) is 22.8 Å². The lowest BCUT2D eigenvalue weighted by Crippen LogP contribution is -2.21. The van der Waals surface area contributed by atoms with Gasteiger partial charge in [-0.25, -0.2) is 9.97 Å². The van der Waals surface area contributed by atoms with Gasteiger partial charge in [-0.2, -0.15) is 0 Å². The lowest BCUT2D eigenvalue weighted by molar-refractivity contribution is 0.395. The number of aryl methyl sites for hydroxylation is 2. The second kappa shape index (κ2) is 8.80. The van der Waals surface area contributed by atoms with Gasteiger partial charge in [-0.3, -0.25) is 4.79 Å². The topological polar surface area (TPSA) is 104 Å². The number of hydrogen-bond acceptors (Lipinski definition) is 7. The van der Waals surface area contributed by atoms with E-state index in [0.29, 0.717) is 34.0 Å². The molecule has 0 radical (unpaired) electrons. The molecule has 8 nitrogen and oxygen atoms in total. The fourth-order valence-corrected chi connectivity index (χ4v) is 4.22. The van der Waals surface area contributed by atoms with Crippen LogP contribution in [0.5, 0.6) is 11.5 Å². The number of benzene rings is 2. The summed E-state index contributed by atoms with van der Waals surface area (Å²) >= 11 is 13.0. The molecule has 170 valence electrons. The van der Waals surface area contributed by atoms with Crippen LogP contribution in [0.4, 0.5) is 17.2 Å². The van der Waals surface area contributed by atoms with Crippen LogP contribution in [0.3, 0.4) is 0 Å². The highest BCUT2D eigenvalue weighted by atomic mass is 35.5. The Bertz CT molecular complexity index is 1400. The first-order valence-electron chi connectivity index (χ1n) is 9.86. The van der Waals surface area contributed by atoms with Gasteiger partial charge < -0.3 is 25.1 Å². The van der Waals surface area contributed by atoms with Gasteiger partial charge in [-0.15, -0.1) is 0 Å². The Morgan fingerprint density at radius 3 is 2.36 bits per heavy atom. The van der Waals surface area contributed by atoms with E-state index in [1.165, 1.54) is 18.8 Å². The maximum Gasteiger partial charge on any atom is 0.277 e. The molecule has 0 bridgehead atoms. The number of ether oxygens (including phenoxy) is 2. The third kappa shape index (κ3) is 3.92. The number of anilines is 3. The van der Waals surface area contributed by atoms with Crippen LogP contribution < -0.4 is 26.1 Å². The first-order valence-corrected chi connectivity index (χ1v) is 10.6. The van der Waals surface area contributed by atoms with Gasteiger partial charge in [0.1, 0.15) is 28.5 Å². The van der Waals surface area contributed by atoms with Gasteiger partial charge in [0.15, 0.2) is 0 Å². The molecule has 0 saturated carbocycles. The third-order valence-corrected chi connectivity index (χ3v) is 6.08. The summed E-state index contributed by atoms with van der Waals surface area (Å²) in [7, 11) is 4.56. The molecule has 2 aromatic heterocycles. The number of fused-ring (bicyclic) bond motifs is 1. The van der Waals surface area contributed by atoms with Gasteiger partial charge >= 0.3 is 0 Å². The molecule has 0 aliphatic carbocycles. The lowest BCUT2D eigenvalue weighted by atomic mass is 10.1. The minimum Gasteiger partial charge on any atom is -0.495 e. The van der Waals surface area contributed by atoms with E-state index in [1.807, 2.05) is 19.1 Å². The molecule has 4 rings (SSSR count). The summed E-state index contributed by atoms with van der Waals surface area (Å²) in [4.78, 5) is 22.3. The van der Waals surface area contributed by atoms with Gasteiger partial charge in [0.25, 0.3) is 5.56 Å². The summed E-state index contributed by atoms with van der Waals surface area (Å²) in [5.41, 5.74) is 9.34. The minimum absolute atomic E-state index is 0.0582. The molecule has 0 saturated heterocycles. The molecule has 33 heavy (non-hydrogen) atoms. The van der Waals surface area contributed by atoms with Crippen LogP contribution in [0.2, 0.25) is 10.0 Å². The van der Waals surface area contributed by atoms with E-state index >= 15 is 0 Å². The maximum absolute atomic E-state index is 13.3. The molecular weight excluding hydrogens is 465 g/mol. The first-order chi connectivity index (χ1) is 15.8. The van der Waals surface area contributed by atoms with Gasteiger partial charge in [0, 0.05) is 19.2 Å². The molecule has 3 N–H and O–H groups in total. The SMILES string of the molecule is COc1cc(OC)c(Cl)c(-c2nc3cnc(Nc4c(C)cccc4N)cc3n(C)c2=O)c1Cl. The van der Waals surface area contributed by atoms with E-state index in [0.717, 1.165) is 11.3 Å². The molecule has 2 heterocycles. The second-order valence-corrected chi connectivity index (χ2v) is 8.09. The maximum atomic E-state index is 13.3. The molecule has 0 aliphatic rings. The molecule has 10 heteroatoms. The predicted molar refractivity (Wildman–Crippen MR) is 132 cm³/mol. The average Bonchev–Trinajstić information content (AvgIpc) is 2.80. The summed E-state index contributed by atoms with van der Waals surface area (Å²) in [6.45, 7) is 1.94. The number of halogens is 2. The number of nitrogens with two attached hydrogens (primary N) is 1. The van der Waals surface area contributed by atoms with Crippen LogP contribution in [0.25, 0.3) is 22.3 Å². The number of pyridine rings is 1. The zero-order valence-electron chi connectivity index (χ0n) is 18.4. The average molecular weight is 486 g/mol. The normalized spacial score (nSPS) is 11.0. The van der Waals surface area contributed by atoms with Crippen molar-refractivity contribution in [1.29, 1.82) is 0 Å². The molecule has 0 spiro atoms. The fourth-order valence-electron chi connectivity index (χ4n) is 3.54. The molecule has 0 unspecified atom stereocenters. The largest absolute Gasteiger partial charge is 0.495 e. The Kier molecular flexibility index (Phi) is 6.05. The number of hydrogen-bond donors (Lipinski definition) is 2. The molecule has 0 amide bonds. The number of nitrogen functional groups attached to an aromatic ring is 1. The van der Waals surface area contributed by atoms with Crippen molar-refractivity contribution in [3.05, 3.63) is 62.5 Å². The van der Waals surface area contributed by atoms with Gasteiger partial charge in [-0.05, 0) is 18.6 Å². The Labute approximate surface area is 199 Å². The molecule has 0 aliphatic heterocycles. The number of aromatic nitrogens is 3. The van der Waals surface area contributed by atoms with Crippen molar-refractivity contribution in [3.63, 3.8) is 0 Å². The van der Waals surface area contributed by atoms with Crippen LogP contribution in [0, 0.1) is 6.92 Å². The first kappa shape index (κ1) is 22.7. The fraction of sp³-hybridized carbons (Fsp3) is 0.174. The van der Waals surface area contributed by atoms with E-state index in [-0.39, 0.29) is 21.3 Å². The second-order valence-electron chi connectivity index (χ2n) is 7.33. The van der Waals surface area contributed by atoms with Crippen LogP contribution >= 0.6 is 23.2 Å². The quantitative estimate of drug-likeness (QED) is 0.385. The van der Waals surface area contributed by atoms with Crippen molar-refractivity contribution in [2.75, 3.05) is 25.3 Å². The zero-order valence-corrected chi connectivity index (χ0v) is 19.9. The summed E-state index contributed by atoms with van der Waals surface area (Å²) in [6, 6.07) is 8.91. The van der Waals surface area contributed by atoms with E-state index < -0.39 is 5.56 Å². The van der Waals surface area contributed by atoms with Crippen LogP contribution in [0.15, 0.2) is 41.3 Å². The van der Waals surface area contributed by atoms with Gasteiger partial charge in [-0.1, -0.05) is 35.3 Å². The van der Waals surface area contributed by atoms with Crippen LogP contribution in [-0.2, 0) is 7.05 Å². The molecule has 0 fully saturated rings. The van der Waals surface area contributed by atoms with Crippen molar-refractivity contribution in [2.24, 2.45) is 7.05 Å². The van der Waals surface area contributed by atoms with Gasteiger partial charge in [0.05, 0.1) is 52.9 Å². The number of nitrogens with one attached hydrogen (secondary N) is 1. The monoisotopic (exact) mass is 485 g/mol. The standard InChI is InChI=1S/C23H21Cl2N5O3/c1-11-6-5-7-12(26)21(11)29-17-8-14-13(10-27-17)28-22(23(31)30(14)2)18-19(24)15(32-3)9-16(33-4)20(18)25/h5-10H,26H2,1-4H3,(H,27,29). The lowest BCUT2D eigenvalue weighted by Gasteiger charge is -2.16. The van der Waals surface area contributed by atoms with E-state index in [1.54, 1.807) is 31.4 Å². The predicted octanol–water partition coefficient (Wildman–Crippen LogP) is 4.95. The summed E-state index contributed by atoms with van der Waals surface area (Å²) < 4.78 is 12.1. The summed E-state index contributed by atoms with van der Waals surface area (Å²) in [5, 5.41) is 3.54. The number of rotatable bonds is 5. The summed E-state index contributed by atoms with van der Waals surface area (Å²) in [5.74, 6) is 1.14. The summed E-state index contributed by atoms with van der Waals surface area (Å²) in [6.07, 6.45) is 1.56. The van der Waals surface area contributed by atoms with Crippen molar-refractivity contribution in [1.82, 2.24) is 14.5 Å². The molecule has 2 aromatic carbocycles.